The first-order valence-electron chi connectivity index (χ1n) is 10.1. The second-order valence-electron chi connectivity index (χ2n) is 8.80. The molecular formula is C22H26FN5O2. The molecule has 1 aromatic carbocycles. The van der Waals surface area contributed by atoms with Crippen LogP contribution in [-0.4, -0.2) is 44.6 Å². The molecule has 4 rings (SSSR count). The first kappa shape index (κ1) is 20.1. The third-order valence-electron chi connectivity index (χ3n) is 5.50. The monoisotopic (exact) mass is 411 g/mol. The van der Waals surface area contributed by atoms with Gasteiger partial charge in [0.25, 0.3) is 5.91 Å². The Hall–Kier alpha value is -3.16. The van der Waals surface area contributed by atoms with Crippen LogP contribution in [-0.2, 0) is 4.79 Å². The van der Waals surface area contributed by atoms with Crippen LogP contribution in [0.1, 0.15) is 50.1 Å². The summed E-state index contributed by atoms with van der Waals surface area (Å²) < 4.78 is 15.3. The lowest BCUT2D eigenvalue weighted by atomic mass is 9.96. The summed E-state index contributed by atoms with van der Waals surface area (Å²) in [5.41, 5.74) is 0.713. The Balaban J connectivity index is 1.42. The maximum atomic E-state index is 13.4. The van der Waals surface area contributed by atoms with Crippen molar-refractivity contribution in [2.24, 2.45) is 5.41 Å². The highest BCUT2D eigenvalue weighted by atomic mass is 19.1. The first-order valence-corrected chi connectivity index (χ1v) is 10.1. The van der Waals surface area contributed by atoms with Crippen molar-refractivity contribution in [2.75, 3.05) is 18.4 Å². The molecule has 0 unspecified atom stereocenters. The van der Waals surface area contributed by atoms with Crippen molar-refractivity contribution in [1.82, 2.24) is 19.7 Å². The van der Waals surface area contributed by atoms with Gasteiger partial charge in [0.15, 0.2) is 0 Å². The third kappa shape index (κ3) is 3.94. The van der Waals surface area contributed by atoms with Crippen LogP contribution < -0.4 is 5.32 Å². The van der Waals surface area contributed by atoms with E-state index in [1.807, 2.05) is 25.5 Å². The molecule has 2 aromatic heterocycles. The van der Waals surface area contributed by atoms with Gasteiger partial charge < -0.3 is 15.2 Å². The predicted octanol–water partition coefficient (Wildman–Crippen LogP) is 3.97. The van der Waals surface area contributed by atoms with E-state index in [4.69, 9.17) is 0 Å². The van der Waals surface area contributed by atoms with Gasteiger partial charge >= 0.3 is 0 Å². The molecule has 0 atom stereocenters. The predicted molar refractivity (Wildman–Crippen MR) is 113 cm³/mol. The molecule has 8 heteroatoms. The Morgan fingerprint density at radius 1 is 1.17 bits per heavy atom. The Morgan fingerprint density at radius 3 is 2.60 bits per heavy atom. The van der Waals surface area contributed by atoms with Gasteiger partial charge in [0, 0.05) is 35.5 Å². The fraction of sp³-hybridized carbons (Fsp3) is 0.409. The second-order valence-corrected chi connectivity index (χ2v) is 8.80. The maximum absolute atomic E-state index is 13.4. The molecular weight excluding hydrogens is 385 g/mol. The van der Waals surface area contributed by atoms with Gasteiger partial charge in [-0.05, 0) is 37.1 Å². The van der Waals surface area contributed by atoms with Gasteiger partial charge in [-0.15, -0.1) is 0 Å². The lowest BCUT2D eigenvalue weighted by Crippen LogP contribution is -2.39. The van der Waals surface area contributed by atoms with E-state index in [1.165, 1.54) is 12.1 Å². The van der Waals surface area contributed by atoms with E-state index in [1.54, 1.807) is 29.3 Å². The molecule has 2 N–H and O–H groups in total. The van der Waals surface area contributed by atoms with Gasteiger partial charge in [-0.1, -0.05) is 20.8 Å². The number of nitrogens with one attached hydrogen (secondary N) is 2. The summed E-state index contributed by atoms with van der Waals surface area (Å²) in [5, 5.41) is 8.03. The normalized spacial score (nSPS) is 15.5. The molecule has 7 nitrogen and oxygen atoms in total. The SMILES string of the molecule is CC(C)(C)C(=O)Nc1ccnn1C1CCN(C(=O)c2cc3cc(F)ccc3[nH]2)CC1. The highest BCUT2D eigenvalue weighted by Crippen LogP contribution is 2.28. The third-order valence-corrected chi connectivity index (χ3v) is 5.50. The van der Waals surface area contributed by atoms with Crippen LogP contribution in [0.15, 0.2) is 36.5 Å². The van der Waals surface area contributed by atoms with E-state index < -0.39 is 5.41 Å². The zero-order valence-electron chi connectivity index (χ0n) is 17.4. The van der Waals surface area contributed by atoms with Crippen LogP contribution >= 0.6 is 0 Å². The van der Waals surface area contributed by atoms with Crippen molar-refractivity contribution in [3.63, 3.8) is 0 Å². The summed E-state index contributed by atoms with van der Waals surface area (Å²) >= 11 is 0. The number of aromatic amines is 1. The number of hydrogen-bond donors (Lipinski definition) is 2. The number of halogens is 1. The van der Waals surface area contributed by atoms with E-state index in [9.17, 15) is 14.0 Å². The zero-order valence-corrected chi connectivity index (χ0v) is 17.4. The summed E-state index contributed by atoms with van der Waals surface area (Å²) in [7, 11) is 0. The zero-order chi connectivity index (χ0) is 21.5. The van der Waals surface area contributed by atoms with Crippen LogP contribution in [0.2, 0.25) is 0 Å². The van der Waals surface area contributed by atoms with Gasteiger partial charge in [-0.3, -0.25) is 9.59 Å². The second kappa shape index (κ2) is 7.59. The average molecular weight is 411 g/mol. The summed E-state index contributed by atoms with van der Waals surface area (Å²) in [6.45, 7) is 6.77. The number of hydrogen-bond acceptors (Lipinski definition) is 3. The molecule has 3 heterocycles. The number of fused-ring (bicyclic) bond motifs is 1. The summed E-state index contributed by atoms with van der Waals surface area (Å²) in [6.07, 6.45) is 3.15. The number of likely N-dealkylation sites (tertiary alicyclic amines) is 1. The molecule has 0 saturated carbocycles. The number of carbonyl (C=O) groups excluding carboxylic acids is 2. The molecule has 1 aliphatic heterocycles. The van der Waals surface area contributed by atoms with Gasteiger partial charge in [0.1, 0.15) is 17.3 Å². The van der Waals surface area contributed by atoms with Crippen molar-refractivity contribution in [3.05, 3.63) is 48.0 Å². The van der Waals surface area contributed by atoms with Crippen LogP contribution in [0, 0.1) is 11.2 Å². The topological polar surface area (TPSA) is 83.0 Å². The number of benzene rings is 1. The number of anilines is 1. The molecule has 1 fully saturated rings. The molecule has 30 heavy (non-hydrogen) atoms. The molecule has 0 aliphatic carbocycles. The largest absolute Gasteiger partial charge is 0.351 e. The molecule has 3 aromatic rings. The molecule has 0 radical (unpaired) electrons. The van der Waals surface area contributed by atoms with E-state index in [2.05, 4.69) is 15.4 Å². The van der Waals surface area contributed by atoms with Crippen molar-refractivity contribution < 1.29 is 14.0 Å². The number of amides is 2. The lowest BCUT2D eigenvalue weighted by molar-refractivity contribution is -0.123. The minimum absolute atomic E-state index is 0.0629. The van der Waals surface area contributed by atoms with E-state index >= 15 is 0 Å². The Morgan fingerprint density at radius 2 is 1.90 bits per heavy atom. The molecule has 1 saturated heterocycles. The first-order chi connectivity index (χ1) is 14.2. The van der Waals surface area contributed by atoms with Crippen molar-refractivity contribution in [1.29, 1.82) is 0 Å². The van der Waals surface area contributed by atoms with E-state index in [0.29, 0.717) is 30.0 Å². The van der Waals surface area contributed by atoms with Crippen LogP contribution in [0.4, 0.5) is 10.2 Å². The molecule has 2 amide bonds. The lowest BCUT2D eigenvalue weighted by Gasteiger charge is -2.32. The van der Waals surface area contributed by atoms with Crippen molar-refractivity contribution in [3.8, 4) is 0 Å². The highest BCUT2D eigenvalue weighted by Gasteiger charge is 2.28. The van der Waals surface area contributed by atoms with E-state index in [0.717, 1.165) is 18.4 Å². The number of nitrogens with zero attached hydrogens (tertiary/aromatic N) is 3. The number of piperidine rings is 1. The highest BCUT2D eigenvalue weighted by molar-refractivity contribution is 5.98. The average Bonchev–Trinajstić information content (AvgIpc) is 3.33. The number of H-pyrrole nitrogens is 1. The standard InChI is InChI=1S/C22H26FN5O2/c1-22(2,3)21(30)26-19-6-9-24-28(19)16-7-10-27(11-8-16)20(29)18-13-14-12-15(23)4-5-17(14)25-18/h4-6,9,12-13,16,25H,7-8,10-11H2,1-3H3,(H,26,30). The minimum Gasteiger partial charge on any atom is -0.351 e. The van der Waals surface area contributed by atoms with Gasteiger partial charge in [0.05, 0.1) is 12.2 Å². The van der Waals surface area contributed by atoms with Crippen molar-refractivity contribution in [2.45, 2.75) is 39.7 Å². The van der Waals surface area contributed by atoms with Crippen molar-refractivity contribution >= 4 is 28.5 Å². The van der Waals surface area contributed by atoms with Gasteiger partial charge in [-0.2, -0.15) is 5.10 Å². The molecule has 1 aliphatic rings. The number of aromatic nitrogens is 3. The van der Waals surface area contributed by atoms with Crippen LogP contribution in [0.3, 0.4) is 0 Å². The molecule has 158 valence electrons. The molecule has 0 spiro atoms. The quantitative estimate of drug-likeness (QED) is 0.684. The van der Waals surface area contributed by atoms with Crippen LogP contribution in [0.25, 0.3) is 10.9 Å². The fourth-order valence-electron chi connectivity index (χ4n) is 3.71. The summed E-state index contributed by atoms with van der Waals surface area (Å²) in [4.78, 5) is 30.1. The Kier molecular flexibility index (Phi) is 5.09. The fourth-order valence-corrected chi connectivity index (χ4v) is 3.71. The molecule has 0 bridgehead atoms. The summed E-state index contributed by atoms with van der Waals surface area (Å²) in [5.74, 6) is 0.200. The summed E-state index contributed by atoms with van der Waals surface area (Å²) in [6, 6.07) is 8.03. The Labute approximate surface area is 174 Å². The van der Waals surface area contributed by atoms with Crippen LogP contribution in [0.5, 0.6) is 0 Å². The van der Waals surface area contributed by atoms with Gasteiger partial charge in [0.2, 0.25) is 5.91 Å². The van der Waals surface area contributed by atoms with Gasteiger partial charge in [-0.25, -0.2) is 9.07 Å². The number of rotatable bonds is 3. The maximum Gasteiger partial charge on any atom is 0.270 e. The minimum atomic E-state index is -0.493. The number of carbonyl (C=O) groups is 2. The van der Waals surface area contributed by atoms with E-state index in [-0.39, 0.29) is 23.7 Å². The smallest absolute Gasteiger partial charge is 0.270 e. The Bertz CT molecular complexity index is 1090.